The summed E-state index contributed by atoms with van der Waals surface area (Å²) < 4.78 is 36.9. The van der Waals surface area contributed by atoms with E-state index in [1.165, 1.54) is 0 Å². The third-order valence-corrected chi connectivity index (χ3v) is 2.79. The van der Waals surface area contributed by atoms with Crippen LogP contribution in [-0.2, 0) is 6.42 Å². The highest BCUT2D eigenvalue weighted by molar-refractivity contribution is 5.39. The average Bonchev–Trinajstić information content (AvgIpc) is 2.07. The van der Waals surface area contributed by atoms with E-state index in [2.05, 4.69) is 0 Å². The molecule has 1 rings (SSSR count). The molecular formula is C13H17F3. The Labute approximate surface area is 94.5 Å². The molecule has 0 aliphatic heterocycles. The number of hydrogen-bond donors (Lipinski definition) is 0. The summed E-state index contributed by atoms with van der Waals surface area (Å²) in [5.74, 6) is 0.256. The van der Waals surface area contributed by atoms with E-state index in [1.54, 1.807) is 12.1 Å². The lowest BCUT2D eigenvalue weighted by Crippen LogP contribution is -2.12. The fraction of sp³-hybridized carbons (Fsp3) is 0.538. The van der Waals surface area contributed by atoms with Crippen LogP contribution in [0.1, 0.15) is 42.0 Å². The van der Waals surface area contributed by atoms with Gasteiger partial charge < -0.3 is 0 Å². The van der Waals surface area contributed by atoms with Crippen molar-refractivity contribution in [1.29, 1.82) is 0 Å². The maximum atomic E-state index is 12.3. The smallest absolute Gasteiger partial charge is 0.171 e. The van der Waals surface area contributed by atoms with Crippen LogP contribution in [0.15, 0.2) is 12.1 Å². The van der Waals surface area contributed by atoms with E-state index >= 15 is 0 Å². The first-order chi connectivity index (χ1) is 7.20. The zero-order valence-electron chi connectivity index (χ0n) is 10.1. The molecule has 0 aliphatic carbocycles. The Hall–Kier alpha value is -0.990. The van der Waals surface area contributed by atoms with Gasteiger partial charge in [0.1, 0.15) is 0 Å². The first-order valence-corrected chi connectivity index (χ1v) is 5.37. The minimum Gasteiger partial charge on any atom is -0.171 e. The standard InChI is InChI=1S/C13H17F3/c1-8(2)12-6-11(7-13(14,15)16)5-9(3)10(12)4/h5-6,8H,7H2,1-4H3. The summed E-state index contributed by atoms with van der Waals surface area (Å²) in [5.41, 5.74) is 3.41. The van der Waals surface area contributed by atoms with Crippen molar-refractivity contribution in [2.45, 2.75) is 46.2 Å². The van der Waals surface area contributed by atoms with Crippen LogP contribution >= 0.6 is 0 Å². The van der Waals surface area contributed by atoms with Crippen LogP contribution in [0.5, 0.6) is 0 Å². The Bertz CT molecular complexity index is 375. The van der Waals surface area contributed by atoms with Gasteiger partial charge in [-0.3, -0.25) is 0 Å². The predicted octanol–water partition coefficient (Wildman–Crippen LogP) is 4.53. The van der Waals surface area contributed by atoms with E-state index in [4.69, 9.17) is 0 Å². The Morgan fingerprint density at radius 3 is 2.12 bits per heavy atom. The lowest BCUT2D eigenvalue weighted by atomic mass is 9.91. The molecule has 0 saturated carbocycles. The quantitative estimate of drug-likeness (QED) is 0.700. The summed E-state index contributed by atoms with van der Waals surface area (Å²) in [4.78, 5) is 0. The van der Waals surface area contributed by atoms with E-state index in [1.807, 2.05) is 27.7 Å². The molecule has 0 heterocycles. The lowest BCUT2D eigenvalue weighted by Gasteiger charge is -2.15. The fourth-order valence-corrected chi connectivity index (χ4v) is 1.90. The Kier molecular flexibility index (Phi) is 3.66. The van der Waals surface area contributed by atoms with E-state index in [0.717, 1.165) is 16.7 Å². The topological polar surface area (TPSA) is 0 Å². The monoisotopic (exact) mass is 230 g/mol. The molecule has 0 N–H and O–H groups in total. The summed E-state index contributed by atoms with van der Waals surface area (Å²) in [6.07, 6.45) is -4.97. The normalized spacial score (nSPS) is 12.2. The van der Waals surface area contributed by atoms with Crippen LogP contribution < -0.4 is 0 Å². The third-order valence-electron chi connectivity index (χ3n) is 2.79. The molecule has 0 aromatic heterocycles. The van der Waals surface area contributed by atoms with Gasteiger partial charge >= 0.3 is 6.18 Å². The van der Waals surface area contributed by atoms with Gasteiger partial charge in [-0.15, -0.1) is 0 Å². The Balaban J connectivity index is 3.14. The van der Waals surface area contributed by atoms with E-state index in [0.29, 0.717) is 5.56 Å². The first-order valence-electron chi connectivity index (χ1n) is 5.37. The number of halogens is 3. The molecule has 0 fully saturated rings. The largest absolute Gasteiger partial charge is 0.393 e. The molecule has 0 saturated heterocycles. The van der Waals surface area contributed by atoms with Crippen molar-refractivity contribution in [3.05, 3.63) is 34.4 Å². The van der Waals surface area contributed by atoms with Crippen molar-refractivity contribution in [1.82, 2.24) is 0 Å². The predicted molar refractivity (Wildman–Crippen MR) is 59.8 cm³/mol. The molecule has 0 nitrogen and oxygen atoms in total. The molecule has 3 heteroatoms. The van der Waals surface area contributed by atoms with Crippen molar-refractivity contribution < 1.29 is 13.2 Å². The van der Waals surface area contributed by atoms with Crippen molar-refractivity contribution in [3.8, 4) is 0 Å². The van der Waals surface area contributed by atoms with Gasteiger partial charge in [-0.1, -0.05) is 26.0 Å². The summed E-state index contributed by atoms with van der Waals surface area (Å²) in [5, 5.41) is 0. The molecule has 16 heavy (non-hydrogen) atoms. The van der Waals surface area contributed by atoms with Crippen LogP contribution in [0.3, 0.4) is 0 Å². The van der Waals surface area contributed by atoms with Crippen molar-refractivity contribution in [2.24, 2.45) is 0 Å². The zero-order valence-corrected chi connectivity index (χ0v) is 10.1. The maximum absolute atomic E-state index is 12.3. The van der Waals surface area contributed by atoms with E-state index in [-0.39, 0.29) is 5.92 Å². The van der Waals surface area contributed by atoms with Crippen molar-refractivity contribution >= 4 is 0 Å². The summed E-state index contributed by atoms with van der Waals surface area (Å²) in [6.45, 7) is 7.82. The fourth-order valence-electron chi connectivity index (χ4n) is 1.90. The minimum absolute atomic E-state index is 0.256. The number of benzene rings is 1. The molecule has 90 valence electrons. The summed E-state index contributed by atoms with van der Waals surface area (Å²) >= 11 is 0. The number of aryl methyl sites for hydroxylation is 1. The van der Waals surface area contributed by atoms with Gasteiger partial charge in [-0.2, -0.15) is 13.2 Å². The van der Waals surface area contributed by atoms with Crippen LogP contribution in [0.2, 0.25) is 0 Å². The molecule has 0 spiro atoms. The van der Waals surface area contributed by atoms with Crippen molar-refractivity contribution in [2.75, 3.05) is 0 Å². The van der Waals surface area contributed by atoms with Gasteiger partial charge in [0, 0.05) is 0 Å². The van der Waals surface area contributed by atoms with Crippen LogP contribution in [0, 0.1) is 13.8 Å². The van der Waals surface area contributed by atoms with Gasteiger partial charge in [0.25, 0.3) is 0 Å². The number of rotatable bonds is 2. The molecule has 0 amide bonds. The first kappa shape index (κ1) is 13.1. The van der Waals surface area contributed by atoms with Crippen LogP contribution in [0.4, 0.5) is 13.2 Å². The molecule has 1 aromatic carbocycles. The van der Waals surface area contributed by atoms with Crippen LogP contribution in [0.25, 0.3) is 0 Å². The molecule has 0 radical (unpaired) electrons. The molecule has 1 aromatic rings. The van der Waals surface area contributed by atoms with E-state index < -0.39 is 12.6 Å². The Morgan fingerprint density at radius 1 is 1.12 bits per heavy atom. The second-order valence-electron chi connectivity index (χ2n) is 4.57. The van der Waals surface area contributed by atoms with Gasteiger partial charge in [-0.25, -0.2) is 0 Å². The lowest BCUT2D eigenvalue weighted by molar-refractivity contribution is -0.127. The minimum atomic E-state index is -4.13. The van der Waals surface area contributed by atoms with Crippen LogP contribution in [-0.4, -0.2) is 6.18 Å². The van der Waals surface area contributed by atoms with E-state index in [9.17, 15) is 13.2 Å². The number of hydrogen-bond acceptors (Lipinski definition) is 0. The van der Waals surface area contributed by atoms with Gasteiger partial charge in [0.05, 0.1) is 6.42 Å². The molecule has 0 bridgehead atoms. The molecule has 0 atom stereocenters. The highest BCUT2D eigenvalue weighted by Gasteiger charge is 2.28. The van der Waals surface area contributed by atoms with Gasteiger partial charge in [0.15, 0.2) is 0 Å². The Morgan fingerprint density at radius 2 is 1.69 bits per heavy atom. The second-order valence-corrected chi connectivity index (χ2v) is 4.57. The third kappa shape index (κ3) is 3.26. The molecule has 0 unspecified atom stereocenters. The zero-order chi connectivity index (χ0) is 12.5. The highest BCUT2D eigenvalue weighted by atomic mass is 19.4. The maximum Gasteiger partial charge on any atom is 0.393 e. The second kappa shape index (κ2) is 4.48. The van der Waals surface area contributed by atoms with Crippen molar-refractivity contribution in [3.63, 3.8) is 0 Å². The van der Waals surface area contributed by atoms with Gasteiger partial charge in [-0.05, 0) is 42.0 Å². The highest BCUT2D eigenvalue weighted by Crippen LogP contribution is 2.27. The van der Waals surface area contributed by atoms with Gasteiger partial charge in [0.2, 0.25) is 0 Å². The average molecular weight is 230 g/mol. The SMILES string of the molecule is Cc1cc(CC(F)(F)F)cc(C(C)C)c1C. The number of alkyl halides is 3. The summed E-state index contributed by atoms with van der Waals surface area (Å²) in [6, 6.07) is 3.31. The summed E-state index contributed by atoms with van der Waals surface area (Å²) in [7, 11) is 0. The molecular weight excluding hydrogens is 213 g/mol. The molecule has 0 aliphatic rings.